The molecule has 0 atom stereocenters. The summed E-state index contributed by atoms with van der Waals surface area (Å²) in [7, 11) is 0. The number of pyridine rings is 1. The van der Waals surface area contributed by atoms with Crippen LogP contribution in [0.3, 0.4) is 0 Å². The van der Waals surface area contributed by atoms with Crippen LogP contribution in [0.1, 0.15) is 10.4 Å². The first-order chi connectivity index (χ1) is 7.66. The predicted octanol–water partition coefficient (Wildman–Crippen LogP) is 1.42. The summed E-state index contributed by atoms with van der Waals surface area (Å²) < 4.78 is 3.62. The van der Waals surface area contributed by atoms with Gasteiger partial charge in [-0.25, -0.2) is 4.98 Å². The molecule has 16 heavy (non-hydrogen) atoms. The van der Waals surface area contributed by atoms with Crippen molar-refractivity contribution in [1.29, 1.82) is 0 Å². The lowest BCUT2D eigenvalue weighted by Crippen LogP contribution is -2.11. The normalized spacial score (nSPS) is 10.1. The van der Waals surface area contributed by atoms with Crippen molar-refractivity contribution >= 4 is 39.9 Å². The third kappa shape index (κ3) is 2.26. The van der Waals surface area contributed by atoms with Crippen LogP contribution in [0.4, 0.5) is 10.8 Å². The highest BCUT2D eigenvalue weighted by Crippen LogP contribution is 2.18. The first-order valence-electron chi connectivity index (χ1n) is 4.16. The highest BCUT2D eigenvalue weighted by atomic mass is 35.5. The number of carbonyl (C=O) groups is 1. The molecule has 0 aliphatic rings. The Balaban J connectivity index is 2.18. The standard InChI is InChI=1S/C8H6ClN5OS/c9-5-1-4(2-11-7(5)10)8(15)13-6-3-12-14-16-6/h1-3H,(H2,10,11)(H,13,15). The van der Waals surface area contributed by atoms with E-state index in [4.69, 9.17) is 17.3 Å². The molecule has 0 saturated carbocycles. The average molecular weight is 256 g/mol. The van der Waals surface area contributed by atoms with E-state index in [1.807, 2.05) is 0 Å². The molecule has 0 spiro atoms. The van der Waals surface area contributed by atoms with Crippen LogP contribution < -0.4 is 11.1 Å². The van der Waals surface area contributed by atoms with Gasteiger partial charge in [-0.05, 0) is 6.07 Å². The number of rotatable bonds is 2. The van der Waals surface area contributed by atoms with E-state index in [1.54, 1.807) is 0 Å². The van der Waals surface area contributed by atoms with E-state index in [0.29, 0.717) is 10.6 Å². The first kappa shape index (κ1) is 10.8. The minimum atomic E-state index is -0.333. The van der Waals surface area contributed by atoms with E-state index in [1.165, 1.54) is 18.5 Å². The molecule has 2 aromatic heterocycles. The molecule has 0 aromatic carbocycles. The second-order valence-electron chi connectivity index (χ2n) is 2.83. The SMILES string of the molecule is Nc1ncc(C(=O)Nc2cnns2)cc1Cl. The zero-order chi connectivity index (χ0) is 11.5. The maximum absolute atomic E-state index is 11.7. The van der Waals surface area contributed by atoms with Crippen molar-refractivity contribution in [3.05, 3.63) is 29.0 Å². The highest BCUT2D eigenvalue weighted by Gasteiger charge is 2.09. The quantitative estimate of drug-likeness (QED) is 0.846. The van der Waals surface area contributed by atoms with Crippen LogP contribution in [-0.2, 0) is 0 Å². The number of hydrogen-bond donors (Lipinski definition) is 2. The zero-order valence-corrected chi connectivity index (χ0v) is 9.42. The number of hydrogen-bond acceptors (Lipinski definition) is 6. The first-order valence-corrected chi connectivity index (χ1v) is 5.31. The number of anilines is 2. The van der Waals surface area contributed by atoms with Crippen molar-refractivity contribution in [3.8, 4) is 0 Å². The molecule has 8 heteroatoms. The second-order valence-corrected chi connectivity index (χ2v) is 4.02. The molecule has 0 aliphatic heterocycles. The Morgan fingerprint density at radius 3 is 2.94 bits per heavy atom. The summed E-state index contributed by atoms with van der Waals surface area (Å²) in [6.07, 6.45) is 2.81. The number of nitrogens with one attached hydrogen (secondary N) is 1. The second kappa shape index (κ2) is 4.42. The molecule has 2 aromatic rings. The summed E-state index contributed by atoms with van der Waals surface area (Å²) in [6, 6.07) is 1.45. The van der Waals surface area contributed by atoms with E-state index in [-0.39, 0.29) is 16.7 Å². The van der Waals surface area contributed by atoms with Crippen LogP contribution in [-0.4, -0.2) is 20.5 Å². The van der Waals surface area contributed by atoms with Crippen molar-refractivity contribution in [3.63, 3.8) is 0 Å². The number of halogens is 1. The van der Waals surface area contributed by atoms with E-state index < -0.39 is 0 Å². The van der Waals surface area contributed by atoms with Gasteiger partial charge in [0.15, 0.2) is 0 Å². The van der Waals surface area contributed by atoms with E-state index in [2.05, 4.69) is 19.9 Å². The molecule has 0 fully saturated rings. The van der Waals surface area contributed by atoms with Crippen molar-refractivity contribution in [1.82, 2.24) is 14.6 Å². The number of nitrogens with zero attached hydrogens (tertiary/aromatic N) is 3. The Morgan fingerprint density at radius 2 is 2.31 bits per heavy atom. The molecule has 2 rings (SSSR count). The van der Waals surface area contributed by atoms with Crippen LogP contribution in [0.2, 0.25) is 5.02 Å². The fourth-order valence-corrected chi connectivity index (χ4v) is 1.56. The molecule has 82 valence electrons. The third-order valence-corrected chi connectivity index (χ3v) is 2.61. The van der Waals surface area contributed by atoms with Gasteiger partial charge in [0.25, 0.3) is 5.91 Å². The summed E-state index contributed by atoms with van der Waals surface area (Å²) in [5.41, 5.74) is 5.76. The van der Waals surface area contributed by atoms with Gasteiger partial charge in [0.05, 0.1) is 16.8 Å². The number of nitrogen functional groups attached to an aromatic ring is 1. The monoisotopic (exact) mass is 255 g/mol. The number of aromatic nitrogens is 3. The maximum atomic E-state index is 11.7. The largest absolute Gasteiger partial charge is 0.382 e. The van der Waals surface area contributed by atoms with Gasteiger partial charge in [-0.3, -0.25) is 4.79 Å². The van der Waals surface area contributed by atoms with Crippen LogP contribution >= 0.6 is 23.1 Å². The molecule has 0 radical (unpaired) electrons. The fourth-order valence-electron chi connectivity index (χ4n) is 0.979. The van der Waals surface area contributed by atoms with E-state index in [0.717, 1.165) is 11.5 Å². The summed E-state index contributed by atoms with van der Waals surface area (Å²) >= 11 is 6.83. The van der Waals surface area contributed by atoms with Crippen molar-refractivity contribution < 1.29 is 4.79 Å². The van der Waals surface area contributed by atoms with Crippen molar-refractivity contribution in [2.75, 3.05) is 11.1 Å². The number of nitrogens with two attached hydrogens (primary N) is 1. The molecule has 2 heterocycles. The number of amides is 1. The van der Waals surface area contributed by atoms with E-state index in [9.17, 15) is 4.79 Å². The number of carbonyl (C=O) groups excluding carboxylic acids is 1. The Morgan fingerprint density at radius 1 is 1.50 bits per heavy atom. The Hall–Kier alpha value is -1.73. The topological polar surface area (TPSA) is 93.8 Å². The minimum absolute atomic E-state index is 0.192. The molecular weight excluding hydrogens is 250 g/mol. The van der Waals surface area contributed by atoms with Gasteiger partial charge < -0.3 is 11.1 Å². The summed E-state index contributed by atoms with van der Waals surface area (Å²) in [5.74, 6) is -0.141. The summed E-state index contributed by atoms with van der Waals surface area (Å²) in [5, 5.41) is 6.99. The third-order valence-electron chi connectivity index (χ3n) is 1.73. The summed E-state index contributed by atoms with van der Waals surface area (Å²) in [4.78, 5) is 15.5. The lowest BCUT2D eigenvalue weighted by molar-refractivity contribution is 0.102. The summed E-state index contributed by atoms with van der Waals surface area (Å²) in [6.45, 7) is 0. The van der Waals surface area contributed by atoms with Crippen LogP contribution in [0.5, 0.6) is 0 Å². The minimum Gasteiger partial charge on any atom is -0.382 e. The molecule has 6 nitrogen and oxygen atoms in total. The van der Waals surface area contributed by atoms with Gasteiger partial charge in [0.1, 0.15) is 10.8 Å². The van der Waals surface area contributed by atoms with Gasteiger partial charge in [-0.2, -0.15) is 0 Å². The maximum Gasteiger partial charge on any atom is 0.257 e. The Bertz CT molecular complexity index is 515. The molecule has 0 unspecified atom stereocenters. The smallest absolute Gasteiger partial charge is 0.257 e. The molecular formula is C8H6ClN5OS. The Kier molecular flexibility index (Phi) is 2.97. The van der Waals surface area contributed by atoms with Gasteiger partial charge in [0, 0.05) is 17.7 Å². The average Bonchev–Trinajstić information content (AvgIpc) is 2.74. The zero-order valence-electron chi connectivity index (χ0n) is 7.85. The molecule has 0 saturated heterocycles. The van der Waals surface area contributed by atoms with Crippen LogP contribution in [0.25, 0.3) is 0 Å². The predicted molar refractivity (Wildman–Crippen MR) is 61.5 cm³/mol. The lowest BCUT2D eigenvalue weighted by Gasteiger charge is -2.02. The van der Waals surface area contributed by atoms with E-state index >= 15 is 0 Å². The van der Waals surface area contributed by atoms with Crippen LogP contribution in [0.15, 0.2) is 18.5 Å². The van der Waals surface area contributed by atoms with Gasteiger partial charge in [0.2, 0.25) is 0 Å². The fraction of sp³-hybridized carbons (Fsp3) is 0. The van der Waals surface area contributed by atoms with Gasteiger partial charge in [-0.15, -0.1) is 5.10 Å². The highest BCUT2D eigenvalue weighted by molar-refractivity contribution is 7.10. The van der Waals surface area contributed by atoms with Crippen molar-refractivity contribution in [2.45, 2.75) is 0 Å². The van der Waals surface area contributed by atoms with Crippen LogP contribution in [0, 0.1) is 0 Å². The van der Waals surface area contributed by atoms with Gasteiger partial charge in [-0.1, -0.05) is 16.1 Å². The molecule has 3 N–H and O–H groups in total. The van der Waals surface area contributed by atoms with Gasteiger partial charge >= 0.3 is 0 Å². The molecule has 1 amide bonds. The Labute approximate surface area is 99.6 Å². The van der Waals surface area contributed by atoms with Crippen molar-refractivity contribution in [2.24, 2.45) is 0 Å². The molecule has 0 bridgehead atoms. The molecule has 0 aliphatic carbocycles. The lowest BCUT2D eigenvalue weighted by atomic mass is 10.2.